The molecule has 0 aliphatic rings. The van der Waals surface area contributed by atoms with E-state index in [9.17, 15) is 18.0 Å². The summed E-state index contributed by atoms with van der Waals surface area (Å²) in [6, 6.07) is 7.52. The smallest absolute Gasteiger partial charge is 0.295 e. The number of hydrogen-bond acceptors (Lipinski definition) is 4. The lowest BCUT2D eigenvalue weighted by atomic mass is 10.1. The van der Waals surface area contributed by atoms with Crippen LogP contribution in [0.3, 0.4) is 0 Å². The zero-order valence-corrected chi connectivity index (χ0v) is 12.7. The van der Waals surface area contributed by atoms with Crippen molar-refractivity contribution in [3.05, 3.63) is 62.4 Å². The fraction of sp³-hybridized carbons (Fsp3) is 0.231. The minimum atomic E-state index is -4.21. The molecule has 1 heterocycles. The highest BCUT2D eigenvalue weighted by Crippen LogP contribution is 2.09. The Labute approximate surface area is 125 Å². The monoisotopic (exact) mass is 328 g/mol. The van der Waals surface area contributed by atoms with Gasteiger partial charge in [0.15, 0.2) is 4.90 Å². The van der Waals surface area contributed by atoms with Gasteiger partial charge in [-0.25, -0.2) is 13.2 Å². The van der Waals surface area contributed by atoms with E-state index >= 15 is 0 Å². The molecule has 0 radical (unpaired) electrons. The molecule has 21 heavy (non-hydrogen) atoms. The summed E-state index contributed by atoms with van der Waals surface area (Å²) >= 11 is 0. The zero-order valence-electron chi connectivity index (χ0n) is 11.2. The second-order valence-corrected chi connectivity index (χ2v) is 7.02. The maximum absolute atomic E-state index is 11.7. The van der Waals surface area contributed by atoms with Crippen molar-refractivity contribution < 1.29 is 8.42 Å². The number of nitrogens with one attached hydrogen (secondary N) is 1. The topological polar surface area (TPSA) is 89.0 Å². The first-order valence-electron chi connectivity index (χ1n) is 6.17. The Kier molecular flexibility index (Phi) is 4.34. The lowest BCUT2D eigenvalue weighted by Gasteiger charge is -2.07. The molecule has 2 aromatic rings. The van der Waals surface area contributed by atoms with Gasteiger partial charge in [0, 0.05) is 16.9 Å². The lowest BCUT2D eigenvalue weighted by molar-refractivity contribution is 0.603. The van der Waals surface area contributed by atoms with E-state index in [4.69, 9.17) is 10.7 Å². The first-order chi connectivity index (χ1) is 9.81. The number of nitrogens with zero attached hydrogens (tertiary/aromatic N) is 1. The molecular weight excluding hydrogens is 316 g/mol. The van der Waals surface area contributed by atoms with Gasteiger partial charge < -0.3 is 0 Å². The van der Waals surface area contributed by atoms with Crippen LogP contribution in [0.25, 0.3) is 0 Å². The van der Waals surface area contributed by atoms with Crippen molar-refractivity contribution in [1.82, 2.24) is 9.55 Å². The molecule has 2 rings (SSSR count). The molecule has 1 aromatic heterocycles. The fourth-order valence-electron chi connectivity index (χ4n) is 1.86. The number of hydrogen-bond donors (Lipinski definition) is 1. The molecule has 112 valence electrons. The first kappa shape index (κ1) is 15.5. The molecule has 1 aromatic carbocycles. The Hall–Kier alpha value is -1.86. The van der Waals surface area contributed by atoms with Gasteiger partial charge in [0.2, 0.25) is 0 Å². The molecule has 0 aliphatic carbocycles. The first-order valence-corrected chi connectivity index (χ1v) is 8.48. The Morgan fingerprint density at radius 1 is 1.14 bits per heavy atom. The largest absolute Gasteiger partial charge is 0.328 e. The number of rotatable bonds is 4. The van der Waals surface area contributed by atoms with Crippen LogP contribution in [0.15, 0.2) is 44.9 Å². The molecule has 1 N–H and O–H groups in total. The van der Waals surface area contributed by atoms with Crippen LogP contribution >= 0.6 is 10.7 Å². The molecule has 0 saturated heterocycles. The van der Waals surface area contributed by atoms with E-state index in [2.05, 4.69) is 0 Å². The number of aryl methyl sites for hydroxylation is 1. The molecule has 8 heteroatoms. The van der Waals surface area contributed by atoms with Crippen LogP contribution < -0.4 is 11.2 Å². The van der Waals surface area contributed by atoms with Gasteiger partial charge in [0.1, 0.15) is 0 Å². The predicted octanol–water partition coefficient (Wildman–Crippen LogP) is 1.07. The van der Waals surface area contributed by atoms with Crippen LogP contribution in [0, 0.1) is 0 Å². The molecule has 0 saturated carbocycles. The molecule has 0 bridgehead atoms. The lowest BCUT2D eigenvalue weighted by Crippen LogP contribution is -2.32. The van der Waals surface area contributed by atoms with Crippen LogP contribution in [0.5, 0.6) is 0 Å². The highest BCUT2D eigenvalue weighted by Gasteiger charge is 2.17. The van der Waals surface area contributed by atoms with E-state index in [0.717, 1.165) is 28.3 Å². The van der Waals surface area contributed by atoms with Crippen molar-refractivity contribution in [3.8, 4) is 0 Å². The third-order valence-corrected chi connectivity index (χ3v) is 4.34. The fourth-order valence-corrected chi connectivity index (χ4v) is 2.71. The molecule has 0 aliphatic heterocycles. The molecule has 0 amide bonds. The van der Waals surface area contributed by atoms with Gasteiger partial charge in [-0.05, 0) is 17.5 Å². The van der Waals surface area contributed by atoms with Crippen molar-refractivity contribution in [1.29, 1.82) is 0 Å². The van der Waals surface area contributed by atoms with Crippen LogP contribution in [0.4, 0.5) is 0 Å². The number of benzene rings is 1. The quantitative estimate of drug-likeness (QED) is 0.850. The summed E-state index contributed by atoms with van der Waals surface area (Å²) in [4.78, 5) is 24.5. The standard InChI is InChI=1S/C13H13ClN2O4S/c1-2-9-3-5-10(6-4-9)7-16-8-11(21(14,19)20)12(17)15-13(16)18/h3-6,8H,2,7H2,1H3,(H,15,17,18). The summed E-state index contributed by atoms with van der Waals surface area (Å²) in [5, 5.41) is 0. The van der Waals surface area contributed by atoms with Crippen molar-refractivity contribution in [2.24, 2.45) is 0 Å². The predicted molar refractivity (Wildman–Crippen MR) is 79.3 cm³/mol. The van der Waals surface area contributed by atoms with E-state index in [1.807, 2.05) is 36.2 Å². The van der Waals surface area contributed by atoms with Crippen LogP contribution in [0.2, 0.25) is 0 Å². The maximum atomic E-state index is 11.7. The minimum absolute atomic E-state index is 0.138. The summed E-state index contributed by atoms with van der Waals surface area (Å²) in [6.07, 6.45) is 1.85. The Bertz CT molecular complexity index is 866. The average molecular weight is 329 g/mol. The Morgan fingerprint density at radius 3 is 2.24 bits per heavy atom. The summed E-state index contributed by atoms with van der Waals surface area (Å²) < 4.78 is 23.7. The molecule has 0 atom stereocenters. The van der Waals surface area contributed by atoms with E-state index in [0.29, 0.717) is 0 Å². The second-order valence-electron chi connectivity index (χ2n) is 4.49. The third kappa shape index (κ3) is 3.62. The molecule has 0 spiro atoms. The molecule has 0 unspecified atom stereocenters. The van der Waals surface area contributed by atoms with Gasteiger partial charge in [-0.15, -0.1) is 0 Å². The summed E-state index contributed by atoms with van der Waals surface area (Å²) in [5.41, 5.74) is 0.243. The van der Waals surface area contributed by atoms with Crippen LogP contribution in [0.1, 0.15) is 18.1 Å². The summed E-state index contributed by atoms with van der Waals surface area (Å²) in [7, 11) is 0.961. The Balaban J connectivity index is 2.44. The molecule has 0 fully saturated rings. The Morgan fingerprint density at radius 2 is 1.71 bits per heavy atom. The summed E-state index contributed by atoms with van der Waals surface area (Å²) in [6.45, 7) is 2.16. The van der Waals surface area contributed by atoms with E-state index < -0.39 is 25.2 Å². The van der Waals surface area contributed by atoms with Gasteiger partial charge in [0.25, 0.3) is 14.6 Å². The summed E-state index contributed by atoms with van der Waals surface area (Å²) in [5.74, 6) is 0. The van der Waals surface area contributed by atoms with Gasteiger partial charge in [-0.1, -0.05) is 31.2 Å². The van der Waals surface area contributed by atoms with Gasteiger partial charge in [-0.3, -0.25) is 14.3 Å². The minimum Gasteiger partial charge on any atom is -0.295 e. The van der Waals surface area contributed by atoms with Crippen molar-refractivity contribution in [2.75, 3.05) is 0 Å². The highest BCUT2D eigenvalue weighted by molar-refractivity contribution is 8.13. The van der Waals surface area contributed by atoms with Crippen LogP contribution in [-0.4, -0.2) is 18.0 Å². The highest BCUT2D eigenvalue weighted by atomic mass is 35.7. The molecule has 6 nitrogen and oxygen atoms in total. The van der Waals surface area contributed by atoms with Gasteiger partial charge in [0.05, 0.1) is 6.54 Å². The number of aromatic nitrogens is 2. The van der Waals surface area contributed by atoms with Crippen molar-refractivity contribution >= 4 is 19.7 Å². The van der Waals surface area contributed by atoms with E-state index in [1.54, 1.807) is 0 Å². The van der Waals surface area contributed by atoms with Gasteiger partial charge in [-0.2, -0.15) is 0 Å². The maximum Gasteiger partial charge on any atom is 0.328 e. The number of H-pyrrole nitrogens is 1. The average Bonchev–Trinajstić information content (AvgIpc) is 2.41. The molecular formula is C13H13ClN2O4S. The number of halogens is 1. The zero-order chi connectivity index (χ0) is 15.6. The third-order valence-electron chi connectivity index (χ3n) is 3.03. The van der Waals surface area contributed by atoms with E-state index in [-0.39, 0.29) is 6.54 Å². The van der Waals surface area contributed by atoms with Gasteiger partial charge >= 0.3 is 5.69 Å². The van der Waals surface area contributed by atoms with E-state index in [1.165, 1.54) is 0 Å². The van der Waals surface area contributed by atoms with Crippen molar-refractivity contribution in [3.63, 3.8) is 0 Å². The SMILES string of the molecule is CCc1ccc(Cn2cc(S(=O)(=O)Cl)c(=O)[nH]c2=O)cc1. The number of aromatic amines is 1. The normalized spacial score (nSPS) is 11.5. The second kappa shape index (κ2) is 5.87. The van der Waals surface area contributed by atoms with Crippen LogP contribution in [-0.2, 0) is 22.0 Å². The van der Waals surface area contributed by atoms with Crippen molar-refractivity contribution in [2.45, 2.75) is 24.8 Å².